The smallest absolute Gasteiger partial charge is 0.238 e. The maximum Gasteiger partial charge on any atom is 0.238 e. The summed E-state index contributed by atoms with van der Waals surface area (Å²) in [5.41, 5.74) is 1.10. The number of primary sulfonamides is 1. The predicted octanol–water partition coefficient (Wildman–Crippen LogP) is 1.89. The summed E-state index contributed by atoms with van der Waals surface area (Å²) >= 11 is 0. The van der Waals surface area contributed by atoms with Gasteiger partial charge in [0.05, 0.1) is 11.3 Å². The number of rotatable bonds is 5. The monoisotopic (exact) mass is 419 g/mol. The molecular weight excluding hydrogens is 397 g/mol. The number of hydrogen-bond donors (Lipinski definition) is 2. The van der Waals surface area contributed by atoms with Crippen molar-refractivity contribution in [3.63, 3.8) is 0 Å². The van der Waals surface area contributed by atoms with E-state index in [1.165, 1.54) is 36.4 Å². The van der Waals surface area contributed by atoms with Crippen molar-refractivity contribution in [2.45, 2.75) is 24.2 Å². The second kappa shape index (κ2) is 8.71. The molecule has 154 valence electrons. The number of hydrogen-bond acceptors (Lipinski definition) is 4. The summed E-state index contributed by atoms with van der Waals surface area (Å²) in [7, 11) is -3.78. The Hall–Kier alpha value is -2.78. The molecule has 0 aromatic heterocycles. The van der Waals surface area contributed by atoms with Crippen LogP contribution >= 0.6 is 0 Å². The van der Waals surface area contributed by atoms with Crippen molar-refractivity contribution >= 4 is 27.5 Å². The molecule has 1 saturated heterocycles. The van der Waals surface area contributed by atoms with E-state index in [0.717, 1.165) is 0 Å². The molecule has 7 nitrogen and oxygen atoms in total. The predicted molar refractivity (Wildman–Crippen MR) is 106 cm³/mol. The van der Waals surface area contributed by atoms with E-state index in [2.05, 4.69) is 5.32 Å². The van der Waals surface area contributed by atoms with Crippen LogP contribution in [0.3, 0.4) is 0 Å². The van der Waals surface area contributed by atoms with Gasteiger partial charge in [-0.25, -0.2) is 17.9 Å². The first kappa shape index (κ1) is 20.9. The molecule has 2 aromatic carbocycles. The fourth-order valence-corrected chi connectivity index (χ4v) is 3.81. The molecule has 0 aliphatic carbocycles. The highest BCUT2D eigenvalue weighted by atomic mass is 32.2. The van der Waals surface area contributed by atoms with Crippen LogP contribution in [0.1, 0.15) is 18.4 Å². The van der Waals surface area contributed by atoms with Crippen LogP contribution < -0.4 is 10.5 Å². The van der Waals surface area contributed by atoms with Crippen molar-refractivity contribution in [3.05, 3.63) is 59.9 Å². The van der Waals surface area contributed by atoms with E-state index in [0.29, 0.717) is 37.2 Å². The highest BCUT2D eigenvalue weighted by Gasteiger charge is 2.27. The van der Waals surface area contributed by atoms with Gasteiger partial charge in [0.15, 0.2) is 0 Å². The zero-order valence-corrected chi connectivity index (χ0v) is 16.5. The van der Waals surface area contributed by atoms with Gasteiger partial charge in [0.2, 0.25) is 21.8 Å². The zero-order chi connectivity index (χ0) is 21.0. The Morgan fingerprint density at radius 1 is 1.10 bits per heavy atom. The van der Waals surface area contributed by atoms with E-state index < -0.39 is 10.0 Å². The van der Waals surface area contributed by atoms with E-state index >= 15 is 0 Å². The third-order valence-corrected chi connectivity index (χ3v) is 5.84. The number of nitrogens with one attached hydrogen (secondary N) is 1. The maximum absolute atomic E-state index is 13.3. The maximum atomic E-state index is 13.3. The van der Waals surface area contributed by atoms with Gasteiger partial charge >= 0.3 is 0 Å². The van der Waals surface area contributed by atoms with Crippen molar-refractivity contribution in [1.82, 2.24) is 4.90 Å². The number of carbonyl (C=O) groups excluding carboxylic acids is 2. The van der Waals surface area contributed by atoms with E-state index in [-0.39, 0.29) is 34.9 Å². The van der Waals surface area contributed by atoms with Gasteiger partial charge in [0.25, 0.3) is 0 Å². The largest absolute Gasteiger partial charge is 0.342 e. The van der Waals surface area contributed by atoms with Gasteiger partial charge in [-0.15, -0.1) is 0 Å². The molecule has 3 N–H and O–H groups in total. The lowest BCUT2D eigenvalue weighted by atomic mass is 9.95. The van der Waals surface area contributed by atoms with Gasteiger partial charge < -0.3 is 10.2 Å². The van der Waals surface area contributed by atoms with Gasteiger partial charge in [0.1, 0.15) is 5.82 Å². The normalized spacial score (nSPS) is 15.2. The molecule has 0 atom stereocenters. The molecule has 3 rings (SSSR count). The van der Waals surface area contributed by atoms with Crippen molar-refractivity contribution in [2.24, 2.45) is 11.1 Å². The Morgan fingerprint density at radius 2 is 1.76 bits per heavy atom. The second-order valence-electron chi connectivity index (χ2n) is 7.02. The zero-order valence-electron chi connectivity index (χ0n) is 15.7. The lowest BCUT2D eigenvalue weighted by Gasteiger charge is -2.31. The molecule has 1 aliphatic heterocycles. The number of piperidine rings is 1. The Bertz CT molecular complexity index is 1000. The van der Waals surface area contributed by atoms with Crippen molar-refractivity contribution in [3.8, 4) is 0 Å². The minimum Gasteiger partial charge on any atom is -0.342 e. The summed E-state index contributed by atoms with van der Waals surface area (Å²) < 4.78 is 35.8. The molecule has 0 radical (unpaired) electrons. The van der Waals surface area contributed by atoms with Crippen LogP contribution in [0.2, 0.25) is 0 Å². The van der Waals surface area contributed by atoms with Crippen molar-refractivity contribution < 1.29 is 22.4 Å². The molecule has 1 aliphatic rings. The first-order valence-corrected chi connectivity index (χ1v) is 10.7. The number of likely N-dealkylation sites (tertiary alicyclic amines) is 1. The Balaban J connectivity index is 1.51. The van der Waals surface area contributed by atoms with E-state index in [1.54, 1.807) is 17.0 Å². The second-order valence-corrected chi connectivity index (χ2v) is 8.58. The summed E-state index contributed by atoms with van der Waals surface area (Å²) in [5.74, 6) is -0.882. The molecule has 9 heteroatoms. The molecule has 2 aromatic rings. The van der Waals surface area contributed by atoms with Crippen LogP contribution in [0.25, 0.3) is 0 Å². The van der Waals surface area contributed by atoms with Crippen LogP contribution in [0.15, 0.2) is 53.4 Å². The minimum absolute atomic E-state index is 0.0272. The van der Waals surface area contributed by atoms with E-state index in [9.17, 15) is 22.4 Å². The molecular formula is C20H22FN3O4S. The quantitative estimate of drug-likeness (QED) is 0.771. The fraction of sp³-hybridized carbons (Fsp3) is 0.300. The number of benzene rings is 2. The number of nitrogens with two attached hydrogens (primary N) is 1. The Kier molecular flexibility index (Phi) is 6.29. The number of carbonyl (C=O) groups is 2. The molecule has 0 spiro atoms. The van der Waals surface area contributed by atoms with Crippen molar-refractivity contribution in [1.29, 1.82) is 0 Å². The summed E-state index contributed by atoms with van der Waals surface area (Å²) in [6.07, 6.45) is 1.18. The average molecular weight is 419 g/mol. The van der Waals surface area contributed by atoms with Gasteiger partial charge in [0, 0.05) is 24.7 Å². The summed E-state index contributed by atoms with van der Waals surface area (Å²) in [5, 5.41) is 7.81. The number of anilines is 1. The van der Waals surface area contributed by atoms with Crippen molar-refractivity contribution in [2.75, 3.05) is 18.4 Å². The van der Waals surface area contributed by atoms with E-state index in [4.69, 9.17) is 5.14 Å². The summed E-state index contributed by atoms with van der Waals surface area (Å²) in [6.45, 7) is 0.910. The molecule has 0 unspecified atom stereocenters. The number of nitrogens with zero attached hydrogens (tertiary/aromatic N) is 1. The number of halogens is 1. The first-order valence-electron chi connectivity index (χ1n) is 9.18. The number of amides is 2. The lowest BCUT2D eigenvalue weighted by Crippen LogP contribution is -2.42. The number of sulfonamides is 1. The molecule has 0 bridgehead atoms. The summed E-state index contributed by atoms with van der Waals surface area (Å²) in [4.78, 5) is 26.5. The molecule has 29 heavy (non-hydrogen) atoms. The van der Waals surface area contributed by atoms with Crippen LogP contribution in [0.5, 0.6) is 0 Å². The molecule has 0 saturated carbocycles. The van der Waals surface area contributed by atoms with Gasteiger partial charge in [-0.3, -0.25) is 9.59 Å². The standard InChI is InChI=1S/C20H22FN3O4S/c21-16-3-1-2-14(12-16)13-19(25)24-10-8-15(9-11-24)20(26)23-17-4-6-18(7-5-17)29(22,27)28/h1-7,12,15H,8-11,13H2,(H,23,26)(H2,22,27,28). The Morgan fingerprint density at radius 3 is 2.34 bits per heavy atom. The highest BCUT2D eigenvalue weighted by molar-refractivity contribution is 7.89. The van der Waals surface area contributed by atoms with Crippen LogP contribution in [0.4, 0.5) is 10.1 Å². The molecule has 2 amide bonds. The van der Waals surface area contributed by atoms with E-state index in [1.807, 2.05) is 0 Å². The summed E-state index contributed by atoms with van der Waals surface area (Å²) in [6, 6.07) is 11.6. The lowest BCUT2D eigenvalue weighted by molar-refractivity contribution is -0.133. The average Bonchev–Trinajstić information content (AvgIpc) is 2.68. The Labute approximate surface area is 168 Å². The topological polar surface area (TPSA) is 110 Å². The first-order chi connectivity index (χ1) is 13.7. The molecule has 1 fully saturated rings. The fourth-order valence-electron chi connectivity index (χ4n) is 3.30. The third kappa shape index (κ3) is 5.61. The minimum atomic E-state index is -3.78. The highest BCUT2D eigenvalue weighted by Crippen LogP contribution is 2.21. The van der Waals surface area contributed by atoms with Gasteiger partial charge in [-0.2, -0.15) is 0 Å². The van der Waals surface area contributed by atoms with Crippen LogP contribution in [-0.2, 0) is 26.0 Å². The molecule has 1 heterocycles. The SMILES string of the molecule is NS(=O)(=O)c1ccc(NC(=O)C2CCN(C(=O)Cc3cccc(F)c3)CC2)cc1. The van der Waals surface area contributed by atoms with Crippen LogP contribution in [-0.4, -0.2) is 38.2 Å². The van der Waals surface area contributed by atoms with Gasteiger partial charge in [-0.1, -0.05) is 12.1 Å². The third-order valence-electron chi connectivity index (χ3n) is 4.91. The van der Waals surface area contributed by atoms with Gasteiger partial charge in [-0.05, 0) is 54.8 Å². The van der Waals surface area contributed by atoms with Crippen LogP contribution in [0, 0.1) is 11.7 Å².